The summed E-state index contributed by atoms with van der Waals surface area (Å²) in [7, 11) is 3.35. The SMILES string of the molecule is COC(=O)C(N)Cc1cc(C)n(C)c1C. The van der Waals surface area contributed by atoms with Gasteiger partial charge in [0.05, 0.1) is 7.11 Å². The number of esters is 1. The van der Waals surface area contributed by atoms with E-state index >= 15 is 0 Å². The molecule has 0 saturated heterocycles. The molecule has 84 valence electrons. The number of nitrogens with two attached hydrogens (primary N) is 1. The Bertz CT molecular complexity index is 369. The first-order chi connectivity index (χ1) is 6.97. The van der Waals surface area contributed by atoms with Crippen molar-refractivity contribution in [1.29, 1.82) is 0 Å². The minimum atomic E-state index is -0.574. The maximum absolute atomic E-state index is 11.2. The minimum Gasteiger partial charge on any atom is -0.468 e. The van der Waals surface area contributed by atoms with E-state index in [-0.39, 0.29) is 5.97 Å². The molecule has 0 saturated carbocycles. The van der Waals surface area contributed by atoms with E-state index in [9.17, 15) is 4.79 Å². The molecule has 1 aromatic heterocycles. The molecular formula is C11H18N2O2. The summed E-state index contributed by atoms with van der Waals surface area (Å²) in [5.41, 5.74) is 9.12. The number of hydrogen-bond acceptors (Lipinski definition) is 3. The Morgan fingerprint density at radius 1 is 1.60 bits per heavy atom. The van der Waals surface area contributed by atoms with Gasteiger partial charge in [0.2, 0.25) is 0 Å². The Morgan fingerprint density at radius 2 is 2.20 bits per heavy atom. The number of aryl methyl sites for hydroxylation is 1. The number of hydrogen-bond donors (Lipinski definition) is 1. The number of nitrogens with zero attached hydrogens (tertiary/aromatic N) is 1. The van der Waals surface area contributed by atoms with Crippen LogP contribution in [0.3, 0.4) is 0 Å². The van der Waals surface area contributed by atoms with Gasteiger partial charge in [-0.05, 0) is 31.9 Å². The molecule has 4 nitrogen and oxygen atoms in total. The molecule has 0 aromatic carbocycles. The van der Waals surface area contributed by atoms with E-state index in [1.807, 2.05) is 20.9 Å². The van der Waals surface area contributed by atoms with E-state index in [0.717, 1.165) is 11.3 Å². The molecular weight excluding hydrogens is 192 g/mol. The fraction of sp³-hybridized carbons (Fsp3) is 0.545. The molecule has 4 heteroatoms. The largest absolute Gasteiger partial charge is 0.468 e. The lowest BCUT2D eigenvalue weighted by atomic mass is 10.1. The Balaban J connectivity index is 2.81. The van der Waals surface area contributed by atoms with E-state index in [0.29, 0.717) is 6.42 Å². The molecule has 1 atom stereocenters. The lowest BCUT2D eigenvalue weighted by Crippen LogP contribution is -2.33. The summed E-state index contributed by atoms with van der Waals surface area (Å²) in [6.07, 6.45) is 0.528. The topological polar surface area (TPSA) is 57.2 Å². The van der Waals surface area contributed by atoms with Gasteiger partial charge in [0.1, 0.15) is 6.04 Å². The molecule has 1 heterocycles. The van der Waals surface area contributed by atoms with Crippen LogP contribution in [0.5, 0.6) is 0 Å². The monoisotopic (exact) mass is 210 g/mol. The molecule has 0 spiro atoms. The van der Waals surface area contributed by atoms with Gasteiger partial charge in [0.15, 0.2) is 0 Å². The summed E-state index contributed by atoms with van der Waals surface area (Å²) in [4.78, 5) is 11.2. The van der Waals surface area contributed by atoms with Crippen LogP contribution >= 0.6 is 0 Å². The highest BCUT2D eigenvalue weighted by Gasteiger charge is 2.17. The van der Waals surface area contributed by atoms with Gasteiger partial charge < -0.3 is 15.0 Å². The third-order valence-corrected chi connectivity index (χ3v) is 2.82. The second-order valence-electron chi connectivity index (χ2n) is 3.79. The molecule has 1 aromatic rings. The molecule has 0 aliphatic rings. The van der Waals surface area contributed by atoms with Gasteiger partial charge in [-0.1, -0.05) is 0 Å². The molecule has 2 N–H and O–H groups in total. The van der Waals surface area contributed by atoms with Crippen LogP contribution in [-0.2, 0) is 23.0 Å². The van der Waals surface area contributed by atoms with Crippen LogP contribution in [0.15, 0.2) is 6.07 Å². The van der Waals surface area contributed by atoms with Crippen molar-refractivity contribution in [2.45, 2.75) is 26.3 Å². The summed E-state index contributed by atoms with van der Waals surface area (Å²) in [6, 6.07) is 1.48. The average Bonchev–Trinajstić information content (AvgIpc) is 2.45. The van der Waals surface area contributed by atoms with E-state index in [2.05, 4.69) is 15.4 Å². The maximum atomic E-state index is 11.2. The predicted molar refractivity (Wildman–Crippen MR) is 58.6 cm³/mol. The summed E-state index contributed by atoms with van der Waals surface area (Å²) in [5.74, 6) is -0.365. The Morgan fingerprint density at radius 3 is 2.60 bits per heavy atom. The lowest BCUT2D eigenvalue weighted by molar-refractivity contribution is -0.142. The van der Waals surface area contributed by atoms with Crippen molar-refractivity contribution in [2.75, 3.05) is 7.11 Å². The van der Waals surface area contributed by atoms with Gasteiger partial charge in [-0.3, -0.25) is 4.79 Å². The van der Waals surface area contributed by atoms with Gasteiger partial charge in [-0.15, -0.1) is 0 Å². The van der Waals surface area contributed by atoms with Crippen molar-refractivity contribution in [2.24, 2.45) is 12.8 Å². The van der Waals surface area contributed by atoms with Crippen molar-refractivity contribution < 1.29 is 9.53 Å². The standard InChI is InChI=1S/C11H18N2O2/c1-7-5-9(8(2)13(7)3)6-10(12)11(14)15-4/h5,10H,6,12H2,1-4H3. The summed E-state index contributed by atoms with van der Waals surface area (Å²) in [6.45, 7) is 4.05. The first-order valence-electron chi connectivity index (χ1n) is 4.92. The van der Waals surface area contributed by atoms with Crippen LogP contribution < -0.4 is 5.73 Å². The number of carbonyl (C=O) groups is 1. The Labute approximate surface area is 90.0 Å². The minimum absolute atomic E-state index is 0.365. The highest BCUT2D eigenvalue weighted by atomic mass is 16.5. The first-order valence-corrected chi connectivity index (χ1v) is 4.92. The highest BCUT2D eigenvalue weighted by molar-refractivity contribution is 5.75. The van der Waals surface area contributed by atoms with Gasteiger partial charge in [0.25, 0.3) is 0 Å². The van der Waals surface area contributed by atoms with Crippen LogP contribution in [0.4, 0.5) is 0 Å². The average molecular weight is 210 g/mol. The fourth-order valence-corrected chi connectivity index (χ4v) is 1.61. The van der Waals surface area contributed by atoms with Gasteiger partial charge in [-0.25, -0.2) is 0 Å². The smallest absolute Gasteiger partial charge is 0.322 e. The van der Waals surface area contributed by atoms with E-state index in [4.69, 9.17) is 5.73 Å². The number of aromatic nitrogens is 1. The normalized spacial score (nSPS) is 12.6. The van der Waals surface area contributed by atoms with Gasteiger partial charge in [-0.2, -0.15) is 0 Å². The fourth-order valence-electron chi connectivity index (χ4n) is 1.61. The molecule has 0 bridgehead atoms. The predicted octanol–water partition coefficient (Wildman–Crippen LogP) is 0.685. The molecule has 0 aliphatic carbocycles. The van der Waals surface area contributed by atoms with Crippen molar-refractivity contribution >= 4 is 5.97 Å². The zero-order valence-corrected chi connectivity index (χ0v) is 9.70. The number of carbonyl (C=O) groups excluding carboxylic acids is 1. The van der Waals surface area contributed by atoms with Crippen LogP contribution in [0.2, 0.25) is 0 Å². The second kappa shape index (κ2) is 4.49. The summed E-state index contributed by atoms with van der Waals surface area (Å²) >= 11 is 0. The quantitative estimate of drug-likeness (QED) is 0.746. The molecule has 1 unspecified atom stereocenters. The van der Waals surface area contributed by atoms with Crippen LogP contribution in [-0.4, -0.2) is 23.7 Å². The number of rotatable bonds is 3. The zero-order chi connectivity index (χ0) is 11.6. The highest BCUT2D eigenvalue weighted by Crippen LogP contribution is 2.14. The van der Waals surface area contributed by atoms with Crippen molar-refractivity contribution in [3.8, 4) is 0 Å². The van der Waals surface area contributed by atoms with Crippen molar-refractivity contribution in [3.05, 3.63) is 23.0 Å². The van der Waals surface area contributed by atoms with Crippen molar-refractivity contribution in [1.82, 2.24) is 4.57 Å². The van der Waals surface area contributed by atoms with Gasteiger partial charge >= 0.3 is 5.97 Å². The van der Waals surface area contributed by atoms with E-state index < -0.39 is 6.04 Å². The Hall–Kier alpha value is -1.29. The molecule has 0 aliphatic heterocycles. The van der Waals surface area contributed by atoms with Crippen LogP contribution in [0, 0.1) is 13.8 Å². The third kappa shape index (κ3) is 2.39. The zero-order valence-electron chi connectivity index (χ0n) is 9.70. The van der Waals surface area contributed by atoms with E-state index in [1.54, 1.807) is 0 Å². The number of ether oxygens (including phenoxy) is 1. The molecule has 15 heavy (non-hydrogen) atoms. The summed E-state index contributed by atoms with van der Waals surface area (Å²) < 4.78 is 6.67. The lowest BCUT2D eigenvalue weighted by Gasteiger charge is -2.09. The third-order valence-electron chi connectivity index (χ3n) is 2.82. The van der Waals surface area contributed by atoms with Crippen LogP contribution in [0.1, 0.15) is 17.0 Å². The molecule has 0 radical (unpaired) electrons. The van der Waals surface area contributed by atoms with Crippen molar-refractivity contribution in [3.63, 3.8) is 0 Å². The van der Waals surface area contributed by atoms with E-state index in [1.165, 1.54) is 12.8 Å². The molecule has 1 rings (SSSR count). The Kier molecular flexibility index (Phi) is 3.52. The molecule has 0 fully saturated rings. The maximum Gasteiger partial charge on any atom is 0.322 e. The summed E-state index contributed by atoms with van der Waals surface area (Å²) in [5, 5.41) is 0. The first kappa shape index (κ1) is 11.8. The van der Waals surface area contributed by atoms with Gasteiger partial charge in [0, 0.05) is 18.4 Å². The van der Waals surface area contributed by atoms with Crippen LogP contribution in [0.25, 0.3) is 0 Å². The number of methoxy groups -OCH3 is 1. The molecule has 0 amide bonds. The second-order valence-corrected chi connectivity index (χ2v) is 3.79.